The molecule has 29 heavy (non-hydrogen) atoms. The lowest BCUT2D eigenvalue weighted by molar-refractivity contribution is 0.0183. The SMILES string of the molecule is CC1(C)COc2c(F)cc(C(=O)[C@@H](CO)NC(=O)OCc3ccccc3)cc2O1. The number of halogens is 1. The first-order valence-corrected chi connectivity index (χ1v) is 9.07. The van der Waals surface area contributed by atoms with E-state index in [1.807, 2.05) is 6.07 Å². The summed E-state index contributed by atoms with van der Waals surface area (Å²) in [6.07, 6.45) is -0.875. The van der Waals surface area contributed by atoms with Crippen LogP contribution < -0.4 is 14.8 Å². The number of hydrogen-bond donors (Lipinski definition) is 2. The average Bonchev–Trinajstić information content (AvgIpc) is 2.69. The number of ketones is 1. The molecule has 1 aliphatic rings. The van der Waals surface area contributed by atoms with E-state index >= 15 is 0 Å². The molecule has 0 radical (unpaired) electrons. The number of hydrogen-bond acceptors (Lipinski definition) is 6. The molecule has 0 fully saturated rings. The van der Waals surface area contributed by atoms with Gasteiger partial charge >= 0.3 is 6.09 Å². The first-order valence-electron chi connectivity index (χ1n) is 9.07. The Kier molecular flexibility index (Phi) is 6.03. The molecule has 7 nitrogen and oxygen atoms in total. The van der Waals surface area contributed by atoms with Gasteiger partial charge in [0.1, 0.15) is 24.9 Å². The average molecular weight is 403 g/mol. The third kappa shape index (κ3) is 5.03. The highest BCUT2D eigenvalue weighted by Crippen LogP contribution is 2.38. The summed E-state index contributed by atoms with van der Waals surface area (Å²) in [4.78, 5) is 24.7. The lowest BCUT2D eigenvalue weighted by atomic mass is 10.0. The van der Waals surface area contributed by atoms with Gasteiger partial charge in [0.15, 0.2) is 23.1 Å². The van der Waals surface area contributed by atoms with Crippen molar-refractivity contribution in [2.24, 2.45) is 0 Å². The van der Waals surface area contributed by atoms with E-state index < -0.39 is 35.9 Å². The van der Waals surface area contributed by atoms with E-state index in [9.17, 15) is 19.1 Å². The summed E-state index contributed by atoms with van der Waals surface area (Å²) in [5.74, 6) is -1.42. The van der Waals surface area contributed by atoms with Crippen molar-refractivity contribution in [2.45, 2.75) is 32.1 Å². The number of fused-ring (bicyclic) bond motifs is 1. The van der Waals surface area contributed by atoms with Crippen LogP contribution in [0.15, 0.2) is 42.5 Å². The highest BCUT2D eigenvalue weighted by atomic mass is 19.1. The largest absolute Gasteiger partial charge is 0.483 e. The van der Waals surface area contributed by atoms with Crippen LogP contribution >= 0.6 is 0 Å². The van der Waals surface area contributed by atoms with Gasteiger partial charge in [-0.15, -0.1) is 0 Å². The minimum atomic E-state index is -1.30. The number of alkyl carbamates (subject to hydrolysis) is 1. The molecule has 0 saturated heterocycles. The fraction of sp³-hybridized carbons (Fsp3) is 0.333. The molecule has 3 rings (SSSR count). The maximum absolute atomic E-state index is 14.4. The normalized spacial score (nSPS) is 15.3. The maximum atomic E-state index is 14.4. The van der Waals surface area contributed by atoms with Crippen LogP contribution in [-0.4, -0.2) is 41.8 Å². The van der Waals surface area contributed by atoms with Gasteiger partial charge in [-0.1, -0.05) is 30.3 Å². The van der Waals surface area contributed by atoms with Gasteiger partial charge < -0.3 is 24.6 Å². The van der Waals surface area contributed by atoms with Gasteiger partial charge in [0.05, 0.1) is 6.61 Å². The zero-order valence-electron chi connectivity index (χ0n) is 16.1. The minimum Gasteiger partial charge on any atom is -0.483 e. The van der Waals surface area contributed by atoms with Crippen LogP contribution in [0.25, 0.3) is 0 Å². The second-order valence-electron chi connectivity index (χ2n) is 7.24. The van der Waals surface area contributed by atoms with E-state index in [4.69, 9.17) is 14.2 Å². The van der Waals surface area contributed by atoms with Gasteiger partial charge in [-0.05, 0) is 31.5 Å². The Balaban J connectivity index is 1.69. The van der Waals surface area contributed by atoms with E-state index in [2.05, 4.69) is 5.32 Å². The van der Waals surface area contributed by atoms with Crippen molar-refractivity contribution in [3.05, 3.63) is 59.4 Å². The summed E-state index contributed by atoms with van der Waals surface area (Å²) in [5, 5.41) is 11.8. The first kappa shape index (κ1) is 20.6. The molecular weight excluding hydrogens is 381 g/mol. The van der Waals surface area contributed by atoms with E-state index in [0.29, 0.717) is 0 Å². The van der Waals surface area contributed by atoms with Gasteiger partial charge in [0.2, 0.25) is 0 Å². The summed E-state index contributed by atoms with van der Waals surface area (Å²) in [6.45, 7) is 3.03. The number of nitrogens with one attached hydrogen (secondary N) is 1. The third-order valence-corrected chi connectivity index (χ3v) is 4.25. The molecule has 154 valence electrons. The number of Topliss-reactive ketones (excluding diaryl/α,β-unsaturated/α-hetero) is 1. The molecule has 2 aromatic rings. The standard InChI is InChI=1S/C21H22FNO6/c1-21(2)12-28-19-15(22)8-14(9-17(19)29-21)18(25)16(10-24)23-20(26)27-11-13-6-4-3-5-7-13/h3-9,16,24H,10-12H2,1-2H3,(H,23,26)/t16-/m1/s1. The Morgan fingerprint density at radius 1 is 1.28 bits per heavy atom. The summed E-state index contributed by atoms with van der Waals surface area (Å²) < 4.78 is 30.5. The van der Waals surface area contributed by atoms with E-state index in [0.717, 1.165) is 11.6 Å². The smallest absolute Gasteiger partial charge is 0.408 e. The molecule has 0 bridgehead atoms. The van der Waals surface area contributed by atoms with Crippen molar-refractivity contribution in [1.82, 2.24) is 5.32 Å². The molecule has 0 unspecified atom stereocenters. The number of carbonyl (C=O) groups excluding carboxylic acids is 2. The molecule has 0 aromatic heterocycles. The van der Waals surface area contributed by atoms with Crippen molar-refractivity contribution in [3.8, 4) is 11.5 Å². The van der Waals surface area contributed by atoms with Crippen LogP contribution in [-0.2, 0) is 11.3 Å². The second-order valence-corrected chi connectivity index (χ2v) is 7.24. The van der Waals surface area contributed by atoms with E-state index in [1.54, 1.807) is 38.1 Å². The fourth-order valence-corrected chi connectivity index (χ4v) is 2.80. The summed E-state index contributed by atoms with van der Waals surface area (Å²) in [5.41, 5.74) is 0.0211. The van der Waals surface area contributed by atoms with Gasteiger partial charge in [-0.3, -0.25) is 4.79 Å². The Morgan fingerprint density at radius 2 is 2.00 bits per heavy atom. The number of amides is 1. The van der Waals surface area contributed by atoms with Crippen LogP contribution in [0.3, 0.4) is 0 Å². The van der Waals surface area contributed by atoms with Crippen molar-refractivity contribution < 1.29 is 33.3 Å². The van der Waals surface area contributed by atoms with Gasteiger partial charge in [0, 0.05) is 5.56 Å². The molecule has 2 N–H and O–H groups in total. The highest BCUT2D eigenvalue weighted by Gasteiger charge is 2.32. The van der Waals surface area contributed by atoms with Crippen LogP contribution in [0.5, 0.6) is 11.5 Å². The second kappa shape index (κ2) is 8.48. The van der Waals surface area contributed by atoms with Crippen molar-refractivity contribution in [3.63, 3.8) is 0 Å². The van der Waals surface area contributed by atoms with Gasteiger partial charge in [-0.25, -0.2) is 9.18 Å². The molecule has 2 aromatic carbocycles. The Morgan fingerprint density at radius 3 is 2.69 bits per heavy atom. The predicted octanol–water partition coefficient (Wildman–Crippen LogP) is 2.85. The van der Waals surface area contributed by atoms with Crippen molar-refractivity contribution in [1.29, 1.82) is 0 Å². The number of aliphatic hydroxyl groups is 1. The Bertz CT molecular complexity index is 900. The third-order valence-electron chi connectivity index (χ3n) is 4.25. The van der Waals surface area contributed by atoms with Crippen LogP contribution in [0, 0.1) is 5.82 Å². The lowest BCUT2D eigenvalue weighted by Gasteiger charge is -2.32. The number of benzene rings is 2. The zero-order chi connectivity index (χ0) is 21.0. The highest BCUT2D eigenvalue weighted by molar-refractivity contribution is 6.02. The van der Waals surface area contributed by atoms with E-state index in [-0.39, 0.29) is 30.3 Å². The molecule has 1 amide bonds. The van der Waals surface area contributed by atoms with Gasteiger partial charge in [0.25, 0.3) is 0 Å². The topological polar surface area (TPSA) is 94.1 Å². The van der Waals surface area contributed by atoms with Crippen LogP contribution in [0.2, 0.25) is 0 Å². The maximum Gasteiger partial charge on any atom is 0.408 e. The molecule has 0 spiro atoms. The Hall–Kier alpha value is -3.13. The molecule has 1 heterocycles. The molecule has 1 atom stereocenters. The number of ether oxygens (including phenoxy) is 3. The van der Waals surface area contributed by atoms with Gasteiger partial charge in [-0.2, -0.15) is 0 Å². The monoisotopic (exact) mass is 403 g/mol. The predicted molar refractivity (Wildman–Crippen MR) is 102 cm³/mol. The van der Waals surface area contributed by atoms with Crippen molar-refractivity contribution >= 4 is 11.9 Å². The number of carbonyl (C=O) groups is 2. The molecule has 0 aliphatic carbocycles. The van der Waals surface area contributed by atoms with Crippen LogP contribution in [0.1, 0.15) is 29.8 Å². The zero-order valence-corrected chi connectivity index (χ0v) is 16.1. The molecule has 0 saturated carbocycles. The minimum absolute atomic E-state index is 0.00669. The molecule has 8 heteroatoms. The molecular formula is C21H22FNO6. The Labute approximate surface area is 167 Å². The van der Waals surface area contributed by atoms with E-state index in [1.165, 1.54) is 6.07 Å². The number of aliphatic hydroxyl groups excluding tert-OH is 1. The summed E-state index contributed by atoms with van der Waals surface area (Å²) in [7, 11) is 0. The lowest BCUT2D eigenvalue weighted by Crippen LogP contribution is -2.44. The van der Waals surface area contributed by atoms with Crippen molar-refractivity contribution in [2.75, 3.05) is 13.2 Å². The molecule has 1 aliphatic heterocycles. The quantitative estimate of drug-likeness (QED) is 0.721. The summed E-state index contributed by atoms with van der Waals surface area (Å²) >= 11 is 0. The fourth-order valence-electron chi connectivity index (χ4n) is 2.80. The summed E-state index contributed by atoms with van der Waals surface area (Å²) in [6, 6.07) is 10.0. The number of rotatable bonds is 6. The van der Waals surface area contributed by atoms with Crippen LogP contribution in [0.4, 0.5) is 9.18 Å². The first-order chi connectivity index (χ1) is 13.8.